The summed E-state index contributed by atoms with van der Waals surface area (Å²) in [7, 11) is 1.51. The zero-order chi connectivity index (χ0) is 19.0. The van der Waals surface area contributed by atoms with Gasteiger partial charge in [-0.1, -0.05) is 6.07 Å². The molecular formula is C22H24N2O3. The highest BCUT2D eigenvalue weighted by atomic mass is 16.5. The van der Waals surface area contributed by atoms with E-state index in [2.05, 4.69) is 22.3 Å². The van der Waals surface area contributed by atoms with E-state index >= 15 is 0 Å². The number of amides is 1. The highest BCUT2D eigenvalue weighted by Gasteiger charge is 2.31. The van der Waals surface area contributed by atoms with Gasteiger partial charge in [-0.3, -0.25) is 14.5 Å². The fourth-order valence-electron chi connectivity index (χ4n) is 4.25. The van der Waals surface area contributed by atoms with Gasteiger partial charge in [0.1, 0.15) is 5.75 Å². The maximum Gasteiger partial charge on any atom is 0.255 e. The van der Waals surface area contributed by atoms with E-state index in [4.69, 9.17) is 4.74 Å². The van der Waals surface area contributed by atoms with Crippen molar-refractivity contribution in [2.24, 2.45) is 0 Å². The van der Waals surface area contributed by atoms with Crippen LogP contribution in [0.5, 0.6) is 5.75 Å². The molecule has 0 saturated carbocycles. The van der Waals surface area contributed by atoms with Crippen molar-refractivity contribution in [2.75, 3.05) is 25.5 Å². The summed E-state index contributed by atoms with van der Waals surface area (Å²) in [4.78, 5) is 27.1. The number of Topliss-reactive ketones (excluding diaryl/α,β-unsaturated/α-hetero) is 1. The Balaban J connectivity index is 1.58. The molecule has 0 aliphatic carbocycles. The minimum absolute atomic E-state index is 0.128. The number of hydrogen-bond acceptors (Lipinski definition) is 4. The van der Waals surface area contributed by atoms with E-state index < -0.39 is 0 Å². The van der Waals surface area contributed by atoms with Crippen LogP contribution in [0.3, 0.4) is 0 Å². The van der Waals surface area contributed by atoms with Crippen molar-refractivity contribution in [3.8, 4) is 5.75 Å². The number of nitrogens with zero attached hydrogens (tertiary/aromatic N) is 1. The number of methoxy groups -OCH3 is 1. The van der Waals surface area contributed by atoms with Gasteiger partial charge < -0.3 is 10.1 Å². The predicted molar refractivity (Wildman–Crippen MR) is 105 cm³/mol. The highest BCUT2D eigenvalue weighted by molar-refractivity contribution is 6.07. The smallest absolute Gasteiger partial charge is 0.255 e. The van der Waals surface area contributed by atoms with Crippen LogP contribution in [0.15, 0.2) is 36.4 Å². The van der Waals surface area contributed by atoms with Crippen molar-refractivity contribution < 1.29 is 14.3 Å². The van der Waals surface area contributed by atoms with Crippen molar-refractivity contribution in [3.05, 3.63) is 58.7 Å². The average molecular weight is 364 g/mol. The summed E-state index contributed by atoms with van der Waals surface area (Å²) in [6.45, 7) is 3.76. The SMILES string of the molecule is COc1ccc(C(=O)Nc2ccc3c(c2)C2CCCN2CC3)cc1C(C)=O. The zero-order valence-electron chi connectivity index (χ0n) is 15.7. The van der Waals surface area contributed by atoms with Crippen LogP contribution in [0.4, 0.5) is 5.69 Å². The fourth-order valence-corrected chi connectivity index (χ4v) is 4.25. The molecule has 2 aliphatic heterocycles. The molecule has 4 rings (SSSR count). The van der Waals surface area contributed by atoms with Crippen LogP contribution >= 0.6 is 0 Å². The Morgan fingerprint density at radius 2 is 2.00 bits per heavy atom. The first-order valence-electron chi connectivity index (χ1n) is 9.44. The number of benzene rings is 2. The molecule has 2 aromatic carbocycles. The predicted octanol–water partition coefficient (Wildman–Crippen LogP) is 3.84. The Labute approximate surface area is 159 Å². The maximum atomic E-state index is 12.7. The number of anilines is 1. The summed E-state index contributed by atoms with van der Waals surface area (Å²) >= 11 is 0. The molecule has 1 amide bonds. The Bertz CT molecular complexity index is 906. The summed E-state index contributed by atoms with van der Waals surface area (Å²) in [5.41, 5.74) is 4.39. The van der Waals surface area contributed by atoms with Crippen LogP contribution in [0.1, 0.15) is 57.7 Å². The second kappa shape index (κ2) is 7.16. The molecule has 1 unspecified atom stereocenters. The maximum absolute atomic E-state index is 12.7. The van der Waals surface area contributed by atoms with E-state index in [1.807, 2.05) is 6.07 Å². The highest BCUT2D eigenvalue weighted by Crippen LogP contribution is 2.38. The summed E-state index contributed by atoms with van der Waals surface area (Å²) in [6.07, 6.45) is 3.49. The first-order valence-corrected chi connectivity index (χ1v) is 9.44. The molecule has 5 heteroatoms. The van der Waals surface area contributed by atoms with Crippen LogP contribution in [0.2, 0.25) is 0 Å². The van der Waals surface area contributed by atoms with Crippen LogP contribution in [-0.4, -0.2) is 36.8 Å². The number of rotatable bonds is 4. The number of ether oxygens (including phenoxy) is 1. The molecule has 0 aromatic heterocycles. The number of fused-ring (bicyclic) bond motifs is 3. The van der Waals surface area contributed by atoms with Gasteiger partial charge in [0.25, 0.3) is 5.91 Å². The Kier molecular flexibility index (Phi) is 4.70. The Morgan fingerprint density at radius 1 is 1.15 bits per heavy atom. The van der Waals surface area contributed by atoms with E-state index in [0.717, 1.165) is 18.7 Å². The van der Waals surface area contributed by atoms with Crippen LogP contribution in [0, 0.1) is 0 Å². The molecule has 140 valence electrons. The molecule has 1 N–H and O–H groups in total. The first kappa shape index (κ1) is 17.7. The van der Waals surface area contributed by atoms with Crippen molar-refractivity contribution in [3.63, 3.8) is 0 Å². The summed E-state index contributed by atoms with van der Waals surface area (Å²) in [5, 5.41) is 2.98. The molecule has 5 nitrogen and oxygen atoms in total. The third-order valence-corrected chi connectivity index (χ3v) is 5.64. The molecular weight excluding hydrogens is 340 g/mol. The van der Waals surface area contributed by atoms with Crippen molar-refractivity contribution >= 4 is 17.4 Å². The second-order valence-corrected chi connectivity index (χ2v) is 7.28. The van der Waals surface area contributed by atoms with Crippen molar-refractivity contribution in [1.82, 2.24) is 4.90 Å². The van der Waals surface area contributed by atoms with E-state index in [1.165, 1.54) is 44.5 Å². The largest absolute Gasteiger partial charge is 0.496 e. The number of carbonyl (C=O) groups excluding carboxylic acids is 2. The molecule has 0 bridgehead atoms. The molecule has 27 heavy (non-hydrogen) atoms. The lowest BCUT2D eigenvalue weighted by Gasteiger charge is -2.32. The minimum Gasteiger partial charge on any atom is -0.496 e. The van der Waals surface area contributed by atoms with Crippen molar-refractivity contribution in [2.45, 2.75) is 32.2 Å². The second-order valence-electron chi connectivity index (χ2n) is 7.28. The number of hydrogen-bond donors (Lipinski definition) is 1. The molecule has 0 radical (unpaired) electrons. The molecule has 1 fully saturated rings. The van der Waals surface area contributed by atoms with Gasteiger partial charge in [0.15, 0.2) is 5.78 Å². The quantitative estimate of drug-likeness (QED) is 0.838. The summed E-state index contributed by atoms with van der Waals surface area (Å²) in [5.74, 6) is 0.130. The molecule has 2 aromatic rings. The topological polar surface area (TPSA) is 58.6 Å². The van der Waals surface area contributed by atoms with Gasteiger partial charge in [-0.25, -0.2) is 0 Å². The van der Waals surface area contributed by atoms with E-state index in [9.17, 15) is 9.59 Å². The molecule has 1 saturated heterocycles. The van der Waals surface area contributed by atoms with Gasteiger partial charge in [-0.2, -0.15) is 0 Å². The number of ketones is 1. The normalized spacial score (nSPS) is 18.5. The van der Waals surface area contributed by atoms with Gasteiger partial charge >= 0.3 is 0 Å². The molecule has 2 aliphatic rings. The first-order chi connectivity index (χ1) is 13.1. The number of nitrogens with one attached hydrogen (secondary N) is 1. The standard InChI is InChI=1S/C22H24N2O3/c1-14(25)18-12-16(6-8-21(18)27-2)22(26)23-17-7-5-15-9-11-24-10-3-4-20(24)19(15)13-17/h5-8,12-13,20H,3-4,9-11H2,1-2H3,(H,23,26). The van der Waals surface area contributed by atoms with Gasteiger partial charge in [0.2, 0.25) is 0 Å². The Morgan fingerprint density at radius 3 is 2.78 bits per heavy atom. The van der Waals surface area contributed by atoms with E-state index in [0.29, 0.717) is 22.9 Å². The van der Waals surface area contributed by atoms with Gasteiger partial charge in [-0.15, -0.1) is 0 Å². The third kappa shape index (κ3) is 3.35. The van der Waals surface area contributed by atoms with Crippen molar-refractivity contribution in [1.29, 1.82) is 0 Å². The fraction of sp³-hybridized carbons (Fsp3) is 0.364. The lowest BCUT2D eigenvalue weighted by atomic mass is 9.92. The van der Waals surface area contributed by atoms with Gasteiger partial charge in [0.05, 0.1) is 12.7 Å². The van der Waals surface area contributed by atoms with Crippen LogP contribution in [0.25, 0.3) is 0 Å². The van der Waals surface area contributed by atoms with Crippen LogP contribution in [-0.2, 0) is 6.42 Å². The van der Waals surface area contributed by atoms with Gasteiger partial charge in [-0.05, 0) is 74.2 Å². The van der Waals surface area contributed by atoms with E-state index in [1.54, 1.807) is 18.2 Å². The molecule has 2 heterocycles. The Hall–Kier alpha value is -2.66. The third-order valence-electron chi connectivity index (χ3n) is 5.64. The summed E-state index contributed by atoms with van der Waals surface area (Å²) < 4.78 is 5.20. The monoisotopic (exact) mass is 364 g/mol. The van der Waals surface area contributed by atoms with Crippen LogP contribution < -0.4 is 10.1 Å². The van der Waals surface area contributed by atoms with E-state index in [-0.39, 0.29) is 11.7 Å². The van der Waals surface area contributed by atoms with Gasteiger partial charge in [0, 0.05) is 23.8 Å². The summed E-state index contributed by atoms with van der Waals surface area (Å²) in [6, 6.07) is 11.6. The molecule has 0 spiro atoms. The zero-order valence-corrected chi connectivity index (χ0v) is 15.7. The molecule has 1 atom stereocenters. The lowest BCUT2D eigenvalue weighted by molar-refractivity contribution is 0.101. The number of carbonyl (C=O) groups is 2. The lowest BCUT2D eigenvalue weighted by Crippen LogP contribution is -2.31. The average Bonchev–Trinajstić information content (AvgIpc) is 3.16. The minimum atomic E-state index is -0.223.